The summed E-state index contributed by atoms with van der Waals surface area (Å²) in [6, 6.07) is 9.56. The van der Waals surface area contributed by atoms with Crippen LogP contribution in [0.15, 0.2) is 42.5 Å². The predicted molar refractivity (Wildman–Crippen MR) is 78.2 cm³/mol. The van der Waals surface area contributed by atoms with Crippen molar-refractivity contribution in [1.82, 2.24) is 0 Å². The number of ether oxygens (including phenoxy) is 2. The SMILES string of the molecule is C=C(C)C(=O)OCC(C)COc1ccccc1.CC. The molecule has 3 nitrogen and oxygen atoms in total. The average Bonchev–Trinajstić information content (AvgIpc) is 2.45. The first-order valence-corrected chi connectivity index (χ1v) is 6.60. The molecule has 0 radical (unpaired) electrons. The second-order valence-electron chi connectivity index (χ2n) is 4.11. The Balaban J connectivity index is 0.00000154. The lowest BCUT2D eigenvalue weighted by Gasteiger charge is -2.13. The average molecular weight is 264 g/mol. The smallest absolute Gasteiger partial charge is 0.333 e. The van der Waals surface area contributed by atoms with Crippen molar-refractivity contribution in [3.63, 3.8) is 0 Å². The lowest BCUT2D eigenvalue weighted by molar-refractivity contribution is -0.140. The molecule has 0 bridgehead atoms. The van der Waals surface area contributed by atoms with Crippen molar-refractivity contribution in [2.24, 2.45) is 5.92 Å². The van der Waals surface area contributed by atoms with Crippen LogP contribution in [0.25, 0.3) is 0 Å². The quantitative estimate of drug-likeness (QED) is 0.578. The van der Waals surface area contributed by atoms with Gasteiger partial charge in [0.05, 0.1) is 13.2 Å². The first-order valence-electron chi connectivity index (χ1n) is 6.60. The summed E-state index contributed by atoms with van der Waals surface area (Å²) in [5.74, 6) is 0.626. The van der Waals surface area contributed by atoms with Crippen LogP contribution in [-0.2, 0) is 9.53 Å². The Kier molecular flexibility index (Phi) is 9.23. The van der Waals surface area contributed by atoms with E-state index in [1.165, 1.54) is 0 Å². The monoisotopic (exact) mass is 264 g/mol. The van der Waals surface area contributed by atoms with Crippen molar-refractivity contribution in [3.8, 4) is 5.75 Å². The van der Waals surface area contributed by atoms with E-state index in [1.54, 1.807) is 6.92 Å². The van der Waals surface area contributed by atoms with Gasteiger partial charge >= 0.3 is 5.97 Å². The van der Waals surface area contributed by atoms with Gasteiger partial charge in [0.25, 0.3) is 0 Å². The van der Waals surface area contributed by atoms with Crippen molar-refractivity contribution in [3.05, 3.63) is 42.5 Å². The molecule has 0 aliphatic heterocycles. The Labute approximate surface area is 116 Å². The van der Waals surface area contributed by atoms with E-state index in [0.717, 1.165) is 5.75 Å². The molecular weight excluding hydrogens is 240 g/mol. The zero-order chi connectivity index (χ0) is 14.7. The highest BCUT2D eigenvalue weighted by Crippen LogP contribution is 2.10. The first-order chi connectivity index (χ1) is 9.09. The fraction of sp³-hybridized carbons (Fsp3) is 0.438. The van der Waals surface area contributed by atoms with E-state index in [-0.39, 0.29) is 11.9 Å². The molecule has 0 aliphatic rings. The van der Waals surface area contributed by atoms with Gasteiger partial charge in [-0.15, -0.1) is 0 Å². The van der Waals surface area contributed by atoms with Gasteiger partial charge in [0.15, 0.2) is 0 Å². The van der Waals surface area contributed by atoms with Crippen molar-refractivity contribution in [1.29, 1.82) is 0 Å². The Morgan fingerprint density at radius 1 is 1.21 bits per heavy atom. The number of hydrogen-bond acceptors (Lipinski definition) is 3. The predicted octanol–water partition coefficient (Wildman–Crippen LogP) is 3.85. The molecule has 19 heavy (non-hydrogen) atoms. The second-order valence-corrected chi connectivity index (χ2v) is 4.11. The van der Waals surface area contributed by atoms with E-state index >= 15 is 0 Å². The first kappa shape index (κ1) is 17.2. The number of benzene rings is 1. The highest BCUT2D eigenvalue weighted by molar-refractivity contribution is 5.86. The molecule has 1 aromatic carbocycles. The van der Waals surface area contributed by atoms with Gasteiger partial charge in [-0.25, -0.2) is 4.79 Å². The largest absolute Gasteiger partial charge is 0.493 e. The Bertz CT molecular complexity index is 371. The summed E-state index contributed by atoms with van der Waals surface area (Å²) in [5, 5.41) is 0. The van der Waals surface area contributed by atoms with Gasteiger partial charge in [0.1, 0.15) is 5.75 Å². The molecule has 0 aliphatic carbocycles. The summed E-state index contributed by atoms with van der Waals surface area (Å²) in [6.07, 6.45) is 0. The second kappa shape index (κ2) is 10.2. The summed E-state index contributed by atoms with van der Waals surface area (Å²) >= 11 is 0. The van der Waals surface area contributed by atoms with Crippen molar-refractivity contribution in [2.45, 2.75) is 27.7 Å². The van der Waals surface area contributed by atoms with Crippen LogP contribution in [0.1, 0.15) is 27.7 Å². The zero-order valence-electron chi connectivity index (χ0n) is 12.3. The third-order valence-corrected chi connectivity index (χ3v) is 2.13. The normalized spacial score (nSPS) is 10.7. The highest BCUT2D eigenvalue weighted by atomic mass is 16.5. The molecule has 0 heterocycles. The van der Waals surface area contributed by atoms with Gasteiger partial charge in [-0.2, -0.15) is 0 Å². The van der Waals surface area contributed by atoms with Crippen LogP contribution in [0.3, 0.4) is 0 Å². The summed E-state index contributed by atoms with van der Waals surface area (Å²) < 4.78 is 10.6. The maximum Gasteiger partial charge on any atom is 0.333 e. The Morgan fingerprint density at radius 2 is 1.79 bits per heavy atom. The van der Waals surface area contributed by atoms with Crippen LogP contribution in [-0.4, -0.2) is 19.2 Å². The molecule has 0 spiro atoms. The Hall–Kier alpha value is -1.77. The number of esters is 1. The van der Waals surface area contributed by atoms with Gasteiger partial charge in [-0.05, 0) is 19.1 Å². The van der Waals surface area contributed by atoms with Gasteiger partial charge in [0.2, 0.25) is 0 Å². The van der Waals surface area contributed by atoms with Crippen molar-refractivity contribution in [2.75, 3.05) is 13.2 Å². The third-order valence-electron chi connectivity index (χ3n) is 2.13. The van der Waals surface area contributed by atoms with Crippen LogP contribution in [0.5, 0.6) is 5.75 Å². The van der Waals surface area contributed by atoms with Crippen molar-refractivity contribution < 1.29 is 14.3 Å². The third kappa shape index (κ3) is 8.03. The minimum atomic E-state index is -0.350. The van der Waals surface area contributed by atoms with Crippen LogP contribution in [0.4, 0.5) is 0 Å². The Morgan fingerprint density at radius 3 is 2.32 bits per heavy atom. The summed E-state index contributed by atoms with van der Waals surface area (Å²) in [5.41, 5.74) is 0.418. The van der Waals surface area contributed by atoms with Gasteiger partial charge in [-0.3, -0.25) is 0 Å². The van der Waals surface area contributed by atoms with E-state index in [1.807, 2.05) is 51.1 Å². The molecule has 106 valence electrons. The minimum absolute atomic E-state index is 0.151. The van der Waals surface area contributed by atoms with Crippen molar-refractivity contribution >= 4 is 5.97 Å². The molecule has 1 aromatic rings. The van der Waals surface area contributed by atoms with Crippen LogP contribution < -0.4 is 4.74 Å². The van der Waals surface area contributed by atoms with Crippen LogP contribution in [0, 0.1) is 5.92 Å². The van der Waals surface area contributed by atoms with Gasteiger partial charge in [0, 0.05) is 11.5 Å². The molecule has 0 N–H and O–H groups in total. The standard InChI is InChI=1S/C14H18O3.C2H6/c1-11(2)14(15)17-10-12(3)9-16-13-7-5-4-6-8-13;1-2/h4-8,12H,1,9-10H2,2-3H3;1-2H3. The van der Waals surface area contributed by atoms with E-state index in [4.69, 9.17) is 9.47 Å². The maximum absolute atomic E-state index is 11.2. The lowest BCUT2D eigenvalue weighted by atomic mass is 10.2. The van der Waals surface area contributed by atoms with E-state index in [2.05, 4.69) is 6.58 Å². The molecule has 0 aromatic heterocycles. The highest BCUT2D eigenvalue weighted by Gasteiger charge is 2.08. The van der Waals surface area contributed by atoms with Gasteiger partial charge < -0.3 is 9.47 Å². The fourth-order valence-electron chi connectivity index (χ4n) is 1.14. The summed E-state index contributed by atoms with van der Waals surface area (Å²) in [6.45, 7) is 12.0. The molecular formula is C16H24O3. The molecule has 1 rings (SSSR count). The number of rotatable bonds is 6. The molecule has 1 unspecified atom stereocenters. The molecule has 0 saturated carbocycles. The van der Waals surface area contributed by atoms with Crippen LogP contribution >= 0.6 is 0 Å². The molecule has 0 fully saturated rings. The summed E-state index contributed by atoms with van der Waals surface area (Å²) in [4.78, 5) is 11.2. The zero-order valence-corrected chi connectivity index (χ0v) is 12.3. The fourth-order valence-corrected chi connectivity index (χ4v) is 1.14. The maximum atomic E-state index is 11.2. The lowest BCUT2D eigenvalue weighted by Crippen LogP contribution is -2.17. The number of para-hydroxylation sites is 1. The minimum Gasteiger partial charge on any atom is -0.493 e. The summed E-state index contributed by atoms with van der Waals surface area (Å²) in [7, 11) is 0. The number of carbonyl (C=O) groups excluding carboxylic acids is 1. The number of hydrogen-bond donors (Lipinski definition) is 0. The topological polar surface area (TPSA) is 35.5 Å². The molecule has 3 heteroatoms. The molecule has 0 amide bonds. The van der Waals surface area contributed by atoms with E-state index in [0.29, 0.717) is 18.8 Å². The van der Waals surface area contributed by atoms with E-state index in [9.17, 15) is 4.79 Å². The van der Waals surface area contributed by atoms with Gasteiger partial charge in [-0.1, -0.05) is 45.5 Å². The number of carbonyl (C=O) groups is 1. The molecule has 0 saturated heterocycles. The van der Waals surface area contributed by atoms with E-state index < -0.39 is 0 Å². The molecule has 1 atom stereocenters. The van der Waals surface area contributed by atoms with Crippen LogP contribution in [0.2, 0.25) is 0 Å².